The first-order chi connectivity index (χ1) is 19.4. The monoisotopic (exact) mass is 499 g/mol. The number of fused-ring (bicyclic) bond motifs is 10. The predicted octanol–water partition coefficient (Wildman–Crippen LogP) is 9.18. The van der Waals surface area contributed by atoms with Crippen LogP contribution >= 0.6 is 0 Å². The summed E-state index contributed by atoms with van der Waals surface area (Å²) in [5.41, 5.74) is 8.58. The SMILES string of the molecule is c1ccc(-n2c3c4ccccc4ccc3c3ccc4c5ccccc5n(-c5ccc6ncoc6c5)c4c32)cc1. The van der Waals surface area contributed by atoms with Crippen molar-refractivity contribution in [3.8, 4) is 11.4 Å². The number of aromatic nitrogens is 3. The van der Waals surface area contributed by atoms with E-state index in [0.29, 0.717) is 0 Å². The van der Waals surface area contributed by atoms with E-state index in [4.69, 9.17) is 4.42 Å². The van der Waals surface area contributed by atoms with E-state index in [9.17, 15) is 0 Å². The van der Waals surface area contributed by atoms with Crippen molar-refractivity contribution in [3.63, 3.8) is 0 Å². The van der Waals surface area contributed by atoms with Crippen molar-refractivity contribution in [2.24, 2.45) is 0 Å². The number of hydrogen-bond acceptors (Lipinski definition) is 2. The molecule has 0 spiro atoms. The van der Waals surface area contributed by atoms with Crippen LogP contribution in [0.15, 0.2) is 132 Å². The Hall–Kier alpha value is -5.35. The maximum absolute atomic E-state index is 5.73. The summed E-state index contributed by atoms with van der Waals surface area (Å²) >= 11 is 0. The molecule has 3 aromatic heterocycles. The lowest BCUT2D eigenvalue weighted by atomic mass is 10.0. The standard InChI is InChI=1S/C35H21N3O/c1-2-9-23(10-3-1)38-33-25-11-5-4-8-22(25)14-16-28(33)29-18-17-27-26-12-6-7-13-31(26)37(34(27)35(29)38)24-15-19-30-32(20-24)39-21-36-30/h1-21H. The van der Waals surface area contributed by atoms with E-state index >= 15 is 0 Å². The van der Waals surface area contributed by atoms with Gasteiger partial charge >= 0.3 is 0 Å². The highest BCUT2D eigenvalue weighted by Gasteiger charge is 2.22. The van der Waals surface area contributed by atoms with Gasteiger partial charge in [0.2, 0.25) is 0 Å². The van der Waals surface area contributed by atoms with Gasteiger partial charge in [-0.05, 0) is 35.7 Å². The van der Waals surface area contributed by atoms with Gasteiger partial charge in [-0.2, -0.15) is 0 Å². The topological polar surface area (TPSA) is 35.9 Å². The number of oxazole rings is 1. The number of nitrogens with zero attached hydrogens (tertiary/aromatic N) is 3. The molecule has 3 heterocycles. The van der Waals surface area contributed by atoms with Crippen molar-refractivity contribution >= 4 is 65.5 Å². The summed E-state index contributed by atoms with van der Waals surface area (Å²) in [5, 5.41) is 7.40. The van der Waals surface area contributed by atoms with Gasteiger partial charge in [0, 0.05) is 38.7 Å². The molecule has 0 saturated carbocycles. The Morgan fingerprint density at radius 2 is 1.18 bits per heavy atom. The van der Waals surface area contributed by atoms with Crippen LogP contribution in [0.3, 0.4) is 0 Å². The minimum atomic E-state index is 0.778. The molecule has 6 aromatic carbocycles. The van der Waals surface area contributed by atoms with E-state index in [-0.39, 0.29) is 0 Å². The van der Waals surface area contributed by atoms with E-state index in [0.717, 1.165) is 28.0 Å². The van der Waals surface area contributed by atoms with Gasteiger partial charge in [0.15, 0.2) is 12.0 Å². The molecule has 0 saturated heterocycles. The summed E-state index contributed by atoms with van der Waals surface area (Å²) in [4.78, 5) is 4.35. The van der Waals surface area contributed by atoms with Crippen molar-refractivity contribution in [1.29, 1.82) is 0 Å². The number of benzene rings is 6. The van der Waals surface area contributed by atoms with Crippen LogP contribution in [0.1, 0.15) is 0 Å². The average Bonchev–Trinajstić information content (AvgIpc) is 3.69. The first-order valence-corrected chi connectivity index (χ1v) is 13.1. The van der Waals surface area contributed by atoms with Crippen molar-refractivity contribution in [2.75, 3.05) is 0 Å². The molecule has 0 atom stereocenters. The highest BCUT2D eigenvalue weighted by molar-refractivity contribution is 6.26. The molecule has 0 aliphatic heterocycles. The second kappa shape index (κ2) is 7.59. The van der Waals surface area contributed by atoms with Crippen LogP contribution in [0, 0.1) is 0 Å². The van der Waals surface area contributed by atoms with Crippen LogP contribution < -0.4 is 0 Å². The highest BCUT2D eigenvalue weighted by Crippen LogP contribution is 2.43. The molecule has 9 aromatic rings. The van der Waals surface area contributed by atoms with Gasteiger partial charge in [-0.15, -0.1) is 0 Å². The average molecular weight is 500 g/mol. The molecule has 39 heavy (non-hydrogen) atoms. The quantitative estimate of drug-likeness (QED) is 0.238. The summed E-state index contributed by atoms with van der Waals surface area (Å²) in [6.07, 6.45) is 1.51. The molecule has 9 rings (SSSR count). The van der Waals surface area contributed by atoms with Crippen LogP contribution in [-0.4, -0.2) is 14.1 Å². The van der Waals surface area contributed by atoms with Crippen LogP contribution in [0.4, 0.5) is 0 Å². The molecule has 0 bridgehead atoms. The third-order valence-corrected chi connectivity index (χ3v) is 8.04. The van der Waals surface area contributed by atoms with Crippen LogP contribution in [0.25, 0.3) is 76.9 Å². The summed E-state index contributed by atoms with van der Waals surface area (Å²) < 4.78 is 10.6. The Labute approximate surface area is 222 Å². The van der Waals surface area contributed by atoms with Crippen molar-refractivity contribution in [2.45, 2.75) is 0 Å². The molecule has 182 valence electrons. The van der Waals surface area contributed by atoms with E-state index in [1.807, 2.05) is 6.07 Å². The van der Waals surface area contributed by atoms with E-state index in [1.54, 1.807) is 0 Å². The molecule has 4 nitrogen and oxygen atoms in total. The number of rotatable bonds is 2. The zero-order valence-electron chi connectivity index (χ0n) is 20.9. The maximum Gasteiger partial charge on any atom is 0.181 e. The van der Waals surface area contributed by atoms with Gasteiger partial charge in [0.05, 0.1) is 27.8 Å². The molecule has 0 N–H and O–H groups in total. The van der Waals surface area contributed by atoms with Gasteiger partial charge in [-0.3, -0.25) is 0 Å². The van der Waals surface area contributed by atoms with Gasteiger partial charge in [0.1, 0.15) is 5.52 Å². The van der Waals surface area contributed by atoms with Gasteiger partial charge in [-0.1, -0.05) is 84.9 Å². The lowest BCUT2D eigenvalue weighted by Gasteiger charge is -2.13. The third kappa shape index (κ3) is 2.75. The minimum Gasteiger partial charge on any atom is -0.443 e. The molecule has 0 fully saturated rings. The first-order valence-electron chi connectivity index (χ1n) is 13.1. The second-order valence-corrected chi connectivity index (χ2v) is 10.1. The smallest absolute Gasteiger partial charge is 0.181 e. The fraction of sp³-hybridized carbons (Fsp3) is 0. The Kier molecular flexibility index (Phi) is 4.02. The van der Waals surface area contributed by atoms with Gasteiger partial charge < -0.3 is 13.6 Å². The van der Waals surface area contributed by atoms with Crippen LogP contribution in [-0.2, 0) is 0 Å². The van der Waals surface area contributed by atoms with Gasteiger partial charge in [-0.25, -0.2) is 4.98 Å². The lowest BCUT2D eigenvalue weighted by Crippen LogP contribution is -1.98. The zero-order valence-corrected chi connectivity index (χ0v) is 20.9. The summed E-state index contributed by atoms with van der Waals surface area (Å²) in [6, 6.07) is 43.4. The molecule has 0 aliphatic carbocycles. The maximum atomic E-state index is 5.73. The fourth-order valence-corrected chi connectivity index (χ4v) is 6.40. The Morgan fingerprint density at radius 1 is 0.487 bits per heavy atom. The molecule has 0 amide bonds. The van der Waals surface area contributed by atoms with Crippen LogP contribution in [0.5, 0.6) is 0 Å². The van der Waals surface area contributed by atoms with Crippen molar-refractivity contribution in [1.82, 2.24) is 14.1 Å². The Bertz CT molecular complexity index is 2390. The number of hydrogen-bond donors (Lipinski definition) is 0. The Morgan fingerprint density at radius 3 is 2.08 bits per heavy atom. The van der Waals surface area contributed by atoms with E-state index in [2.05, 4.69) is 129 Å². The zero-order chi connectivity index (χ0) is 25.5. The lowest BCUT2D eigenvalue weighted by molar-refractivity contribution is 0.602. The fourth-order valence-electron chi connectivity index (χ4n) is 6.40. The number of para-hydroxylation sites is 2. The molecular formula is C35H21N3O. The predicted molar refractivity (Wildman–Crippen MR) is 160 cm³/mol. The van der Waals surface area contributed by atoms with E-state index in [1.165, 1.54) is 55.3 Å². The van der Waals surface area contributed by atoms with Crippen molar-refractivity contribution in [3.05, 3.63) is 128 Å². The molecule has 0 unspecified atom stereocenters. The highest BCUT2D eigenvalue weighted by atomic mass is 16.3. The molecule has 0 radical (unpaired) electrons. The van der Waals surface area contributed by atoms with E-state index < -0.39 is 0 Å². The molecule has 0 aliphatic rings. The normalized spacial score (nSPS) is 12.1. The first kappa shape index (κ1) is 20.7. The second-order valence-electron chi connectivity index (χ2n) is 10.1. The third-order valence-electron chi connectivity index (χ3n) is 8.04. The Balaban J connectivity index is 1.58. The summed E-state index contributed by atoms with van der Waals surface area (Å²) in [6.45, 7) is 0. The molecule has 4 heteroatoms. The van der Waals surface area contributed by atoms with Crippen LogP contribution in [0.2, 0.25) is 0 Å². The van der Waals surface area contributed by atoms with Crippen molar-refractivity contribution < 1.29 is 4.42 Å². The molecular weight excluding hydrogens is 478 g/mol. The van der Waals surface area contributed by atoms with Gasteiger partial charge in [0.25, 0.3) is 0 Å². The summed E-state index contributed by atoms with van der Waals surface area (Å²) in [5.74, 6) is 0. The summed E-state index contributed by atoms with van der Waals surface area (Å²) in [7, 11) is 0. The minimum absolute atomic E-state index is 0.778. The largest absolute Gasteiger partial charge is 0.443 e.